The lowest BCUT2D eigenvalue weighted by Crippen LogP contribution is -1.85. The summed E-state index contributed by atoms with van der Waals surface area (Å²) in [6.45, 7) is 2.11. The van der Waals surface area contributed by atoms with E-state index in [1.807, 2.05) is 6.07 Å². The molecule has 1 aromatic heterocycles. The molecule has 2 heteroatoms. The van der Waals surface area contributed by atoms with Gasteiger partial charge in [-0.1, -0.05) is 6.07 Å². The van der Waals surface area contributed by atoms with Gasteiger partial charge in [-0.15, -0.1) is 0 Å². The number of benzene rings is 1. The zero-order valence-corrected chi connectivity index (χ0v) is 9.10. The van der Waals surface area contributed by atoms with Crippen LogP contribution in [0, 0.1) is 6.92 Å². The molecule has 0 N–H and O–H groups in total. The molecule has 0 aliphatic heterocycles. The molecule has 0 amide bonds. The fraction of sp³-hybridized carbons (Fsp3) is 0.167. The summed E-state index contributed by atoms with van der Waals surface area (Å²) < 4.78 is 5.17. The first-order valence-electron chi connectivity index (χ1n) is 4.48. The Balaban J connectivity index is 2.46. The smallest absolute Gasteiger partial charge is 0.119 e. The minimum absolute atomic E-state index is 0.918. The van der Waals surface area contributed by atoms with Crippen LogP contribution in [0.5, 0.6) is 5.75 Å². The quantitative estimate of drug-likeness (QED) is 0.724. The van der Waals surface area contributed by atoms with Crippen molar-refractivity contribution in [1.29, 1.82) is 0 Å². The molecule has 0 atom stereocenters. The monoisotopic (exact) mass is 204 g/mol. The predicted octanol–water partition coefficient (Wildman–Crippen LogP) is 3.73. The van der Waals surface area contributed by atoms with E-state index in [1.54, 1.807) is 18.4 Å². The van der Waals surface area contributed by atoms with Crippen LogP contribution in [-0.4, -0.2) is 7.11 Å². The van der Waals surface area contributed by atoms with E-state index in [-0.39, 0.29) is 0 Å². The standard InChI is InChI=1S/C12H12OS/c1-9-7-11(13-2)3-4-12(9)10-5-6-14-8-10/h3-8H,1-2H3. The van der Waals surface area contributed by atoms with Gasteiger partial charge in [-0.05, 0) is 52.6 Å². The van der Waals surface area contributed by atoms with Crippen molar-refractivity contribution in [2.24, 2.45) is 0 Å². The summed E-state index contributed by atoms with van der Waals surface area (Å²) in [5, 5.41) is 4.26. The Hall–Kier alpha value is -1.28. The van der Waals surface area contributed by atoms with Gasteiger partial charge in [0.15, 0.2) is 0 Å². The number of ether oxygens (including phenoxy) is 1. The maximum Gasteiger partial charge on any atom is 0.119 e. The highest BCUT2D eigenvalue weighted by Crippen LogP contribution is 2.28. The highest BCUT2D eigenvalue weighted by Gasteiger charge is 2.02. The van der Waals surface area contributed by atoms with Crippen molar-refractivity contribution in [2.75, 3.05) is 7.11 Å². The Kier molecular flexibility index (Phi) is 2.55. The predicted molar refractivity (Wildman–Crippen MR) is 61.0 cm³/mol. The van der Waals surface area contributed by atoms with Gasteiger partial charge in [-0.3, -0.25) is 0 Å². The van der Waals surface area contributed by atoms with E-state index in [1.165, 1.54) is 16.7 Å². The van der Waals surface area contributed by atoms with Crippen molar-refractivity contribution in [3.63, 3.8) is 0 Å². The van der Waals surface area contributed by atoms with E-state index in [4.69, 9.17) is 4.74 Å². The second-order valence-corrected chi connectivity index (χ2v) is 3.97. The van der Waals surface area contributed by atoms with E-state index < -0.39 is 0 Å². The summed E-state index contributed by atoms with van der Waals surface area (Å²) in [6, 6.07) is 8.31. The van der Waals surface area contributed by atoms with Crippen molar-refractivity contribution in [2.45, 2.75) is 6.92 Å². The van der Waals surface area contributed by atoms with Crippen molar-refractivity contribution < 1.29 is 4.74 Å². The van der Waals surface area contributed by atoms with Crippen LogP contribution in [0.2, 0.25) is 0 Å². The van der Waals surface area contributed by atoms with Gasteiger partial charge in [-0.25, -0.2) is 0 Å². The number of hydrogen-bond acceptors (Lipinski definition) is 2. The lowest BCUT2D eigenvalue weighted by molar-refractivity contribution is 0.414. The number of aryl methyl sites for hydroxylation is 1. The van der Waals surface area contributed by atoms with Gasteiger partial charge in [0.05, 0.1) is 7.11 Å². The fourth-order valence-electron chi connectivity index (χ4n) is 1.50. The fourth-order valence-corrected chi connectivity index (χ4v) is 2.16. The third-order valence-electron chi connectivity index (χ3n) is 2.27. The van der Waals surface area contributed by atoms with Crippen LogP contribution in [0.15, 0.2) is 35.0 Å². The van der Waals surface area contributed by atoms with Gasteiger partial charge >= 0.3 is 0 Å². The molecule has 0 aliphatic carbocycles. The van der Waals surface area contributed by atoms with Crippen LogP contribution in [0.25, 0.3) is 11.1 Å². The van der Waals surface area contributed by atoms with Crippen LogP contribution < -0.4 is 4.74 Å². The highest BCUT2D eigenvalue weighted by molar-refractivity contribution is 7.08. The van der Waals surface area contributed by atoms with Gasteiger partial charge in [0.1, 0.15) is 5.75 Å². The van der Waals surface area contributed by atoms with Crippen LogP contribution in [0.4, 0.5) is 0 Å². The van der Waals surface area contributed by atoms with E-state index >= 15 is 0 Å². The van der Waals surface area contributed by atoms with Crippen LogP contribution >= 0.6 is 11.3 Å². The molecule has 0 saturated carbocycles. The SMILES string of the molecule is COc1ccc(-c2ccsc2)c(C)c1. The molecule has 0 bridgehead atoms. The zero-order chi connectivity index (χ0) is 9.97. The summed E-state index contributed by atoms with van der Waals surface area (Å²) in [6.07, 6.45) is 0. The summed E-state index contributed by atoms with van der Waals surface area (Å²) in [5.41, 5.74) is 3.82. The van der Waals surface area contributed by atoms with Gasteiger partial charge in [0.25, 0.3) is 0 Å². The van der Waals surface area contributed by atoms with Gasteiger partial charge in [0.2, 0.25) is 0 Å². The van der Waals surface area contributed by atoms with Crippen LogP contribution in [0.1, 0.15) is 5.56 Å². The topological polar surface area (TPSA) is 9.23 Å². The van der Waals surface area contributed by atoms with Crippen molar-refractivity contribution in [3.8, 4) is 16.9 Å². The second-order valence-electron chi connectivity index (χ2n) is 3.19. The average molecular weight is 204 g/mol. The Morgan fingerprint density at radius 1 is 1.21 bits per heavy atom. The first kappa shape index (κ1) is 9.28. The lowest BCUT2D eigenvalue weighted by Gasteiger charge is -2.06. The molecule has 0 aliphatic rings. The van der Waals surface area contributed by atoms with Crippen LogP contribution in [-0.2, 0) is 0 Å². The molecule has 0 radical (unpaired) electrons. The first-order chi connectivity index (χ1) is 6.81. The second kappa shape index (κ2) is 3.84. The minimum atomic E-state index is 0.918. The average Bonchev–Trinajstić information content (AvgIpc) is 2.70. The van der Waals surface area contributed by atoms with Crippen molar-refractivity contribution >= 4 is 11.3 Å². The molecular weight excluding hydrogens is 192 g/mol. The molecular formula is C12H12OS. The normalized spacial score (nSPS) is 10.1. The van der Waals surface area contributed by atoms with Crippen LogP contribution in [0.3, 0.4) is 0 Å². The first-order valence-corrected chi connectivity index (χ1v) is 5.43. The van der Waals surface area contributed by atoms with E-state index in [0.29, 0.717) is 0 Å². The van der Waals surface area contributed by atoms with Crippen molar-refractivity contribution in [1.82, 2.24) is 0 Å². The van der Waals surface area contributed by atoms with Crippen molar-refractivity contribution in [3.05, 3.63) is 40.6 Å². The van der Waals surface area contributed by atoms with Gasteiger partial charge < -0.3 is 4.74 Å². The maximum absolute atomic E-state index is 5.17. The van der Waals surface area contributed by atoms with Gasteiger partial charge in [-0.2, -0.15) is 11.3 Å². The summed E-state index contributed by atoms with van der Waals surface area (Å²) in [7, 11) is 1.69. The molecule has 2 rings (SSSR count). The Morgan fingerprint density at radius 3 is 2.64 bits per heavy atom. The number of thiophene rings is 1. The molecule has 1 aromatic carbocycles. The molecule has 0 unspecified atom stereocenters. The van der Waals surface area contributed by atoms with E-state index in [0.717, 1.165) is 5.75 Å². The maximum atomic E-state index is 5.17. The lowest BCUT2D eigenvalue weighted by atomic mass is 10.0. The largest absolute Gasteiger partial charge is 0.497 e. The third-order valence-corrected chi connectivity index (χ3v) is 2.95. The Morgan fingerprint density at radius 2 is 2.07 bits per heavy atom. The molecule has 2 aromatic rings. The molecule has 1 nitrogen and oxygen atoms in total. The molecule has 1 heterocycles. The Bertz CT molecular complexity index is 418. The number of rotatable bonds is 2. The van der Waals surface area contributed by atoms with Gasteiger partial charge in [0, 0.05) is 0 Å². The summed E-state index contributed by atoms with van der Waals surface area (Å²) in [5.74, 6) is 0.918. The van der Waals surface area contributed by atoms with E-state index in [9.17, 15) is 0 Å². The third kappa shape index (κ3) is 1.66. The summed E-state index contributed by atoms with van der Waals surface area (Å²) >= 11 is 1.72. The number of hydrogen-bond donors (Lipinski definition) is 0. The zero-order valence-electron chi connectivity index (χ0n) is 8.28. The Labute approximate surface area is 88.0 Å². The highest BCUT2D eigenvalue weighted by atomic mass is 32.1. The summed E-state index contributed by atoms with van der Waals surface area (Å²) in [4.78, 5) is 0. The minimum Gasteiger partial charge on any atom is -0.497 e. The molecule has 0 saturated heterocycles. The molecule has 0 spiro atoms. The molecule has 72 valence electrons. The van der Waals surface area contributed by atoms with E-state index in [2.05, 4.69) is 35.9 Å². The number of methoxy groups -OCH3 is 1. The molecule has 14 heavy (non-hydrogen) atoms. The molecule has 0 fully saturated rings.